The molecule has 2 nitrogen and oxygen atoms in total. The number of halogens is 3. The summed E-state index contributed by atoms with van der Waals surface area (Å²) < 4.78 is 41.1. The van der Waals surface area contributed by atoms with E-state index >= 15 is 0 Å². The number of nitrogens with zero attached hydrogens (tertiary/aromatic N) is 1. The van der Waals surface area contributed by atoms with Crippen molar-refractivity contribution in [1.82, 2.24) is 4.57 Å². The van der Waals surface area contributed by atoms with Crippen LogP contribution in [-0.2, 0) is 19.1 Å². The van der Waals surface area contributed by atoms with Crippen molar-refractivity contribution in [2.75, 3.05) is 0 Å². The van der Waals surface area contributed by atoms with Crippen molar-refractivity contribution in [2.24, 2.45) is 0 Å². The monoisotopic (exact) mass is 267 g/mol. The number of rotatable bonds is 1. The summed E-state index contributed by atoms with van der Waals surface area (Å²) in [6.07, 6.45) is -3.08. The maximum absolute atomic E-state index is 13.3. The van der Waals surface area contributed by atoms with Crippen molar-refractivity contribution in [2.45, 2.75) is 32.5 Å². The van der Waals surface area contributed by atoms with Crippen molar-refractivity contribution in [3.8, 4) is 0 Å². The molecule has 0 fully saturated rings. The van der Waals surface area contributed by atoms with Gasteiger partial charge in [0, 0.05) is 11.9 Å². The van der Waals surface area contributed by atoms with Gasteiger partial charge in [-0.1, -0.05) is 18.2 Å². The normalized spacial score (nSPS) is 14.9. The van der Waals surface area contributed by atoms with Gasteiger partial charge in [-0.2, -0.15) is 13.2 Å². The van der Waals surface area contributed by atoms with E-state index in [-0.39, 0.29) is 5.56 Å². The number of alkyl halides is 3. The smallest absolute Gasteiger partial charge is 0.336 e. The molecule has 0 atom stereocenters. The van der Waals surface area contributed by atoms with Crippen molar-refractivity contribution in [3.63, 3.8) is 0 Å². The molecule has 0 saturated carbocycles. The van der Waals surface area contributed by atoms with Gasteiger partial charge in [-0.25, -0.2) is 0 Å². The van der Waals surface area contributed by atoms with E-state index in [4.69, 9.17) is 0 Å². The Morgan fingerprint density at radius 1 is 1.32 bits per heavy atom. The molecule has 5 heteroatoms. The molecule has 1 aromatic heterocycles. The van der Waals surface area contributed by atoms with Gasteiger partial charge in [-0.15, -0.1) is 0 Å². The molecule has 2 aromatic rings. The van der Waals surface area contributed by atoms with Gasteiger partial charge in [-0.3, -0.25) is 4.79 Å². The summed E-state index contributed by atoms with van der Waals surface area (Å²) in [7, 11) is 0. The number of ketones is 1. The minimum atomic E-state index is -4.51. The molecule has 2 heterocycles. The van der Waals surface area contributed by atoms with Crippen LogP contribution in [0.5, 0.6) is 0 Å². The fourth-order valence-corrected chi connectivity index (χ4v) is 2.99. The molecular formula is C14H12F3NO. The Morgan fingerprint density at radius 2 is 2.05 bits per heavy atom. The van der Waals surface area contributed by atoms with E-state index in [1.165, 1.54) is 11.5 Å². The summed E-state index contributed by atoms with van der Waals surface area (Å²) in [5.41, 5.74) is 0.487. The summed E-state index contributed by atoms with van der Waals surface area (Å²) in [6, 6.07) is 5.16. The van der Waals surface area contributed by atoms with Crippen LogP contribution < -0.4 is 0 Å². The second-order valence-corrected chi connectivity index (χ2v) is 4.85. The highest BCUT2D eigenvalue weighted by molar-refractivity contribution is 6.09. The highest BCUT2D eigenvalue weighted by Crippen LogP contribution is 2.41. The lowest BCUT2D eigenvalue weighted by atomic mass is 10.0. The Balaban J connectivity index is 2.51. The maximum Gasteiger partial charge on any atom is 0.432 e. The van der Waals surface area contributed by atoms with E-state index in [1.54, 1.807) is 12.1 Å². The lowest BCUT2D eigenvalue weighted by Crippen LogP contribution is -2.19. The molecule has 3 rings (SSSR count). The number of aromatic nitrogens is 1. The molecule has 0 bridgehead atoms. The highest BCUT2D eigenvalue weighted by Gasteiger charge is 2.41. The van der Waals surface area contributed by atoms with E-state index < -0.39 is 17.7 Å². The van der Waals surface area contributed by atoms with Crippen LogP contribution in [-0.4, -0.2) is 10.4 Å². The minimum Gasteiger partial charge on any atom is -0.336 e. The van der Waals surface area contributed by atoms with Crippen molar-refractivity contribution in [3.05, 3.63) is 35.0 Å². The topological polar surface area (TPSA) is 22.0 Å². The number of hydrogen-bond acceptors (Lipinski definition) is 1. The SMILES string of the molecule is CC(=O)c1c(C(F)(F)F)n2c3c(cccc13)CCC2. The average Bonchev–Trinajstić information content (AvgIpc) is 2.67. The first kappa shape index (κ1) is 12.3. The predicted octanol–water partition coefficient (Wildman–Crippen LogP) is 3.81. The lowest BCUT2D eigenvalue weighted by molar-refractivity contribution is -0.143. The standard InChI is InChI=1S/C14H12F3NO/c1-8(19)11-10-6-2-4-9-5-3-7-18(12(9)10)13(11)14(15,16)17/h2,4,6H,3,5,7H2,1H3. The van der Waals surface area contributed by atoms with Crippen LogP contribution in [0, 0.1) is 0 Å². The second kappa shape index (κ2) is 3.85. The van der Waals surface area contributed by atoms with Crippen LogP contribution >= 0.6 is 0 Å². The largest absolute Gasteiger partial charge is 0.432 e. The van der Waals surface area contributed by atoms with Gasteiger partial charge in [0.2, 0.25) is 0 Å². The van der Waals surface area contributed by atoms with Gasteiger partial charge in [0.25, 0.3) is 0 Å². The Hall–Kier alpha value is -1.78. The Morgan fingerprint density at radius 3 is 2.68 bits per heavy atom. The Labute approximate surface area is 107 Å². The van der Waals surface area contributed by atoms with Crippen molar-refractivity contribution in [1.29, 1.82) is 0 Å². The van der Waals surface area contributed by atoms with E-state index in [1.807, 2.05) is 6.07 Å². The molecule has 0 amide bonds. The first-order valence-corrected chi connectivity index (χ1v) is 6.13. The summed E-state index contributed by atoms with van der Waals surface area (Å²) in [6.45, 7) is 1.51. The fraction of sp³-hybridized carbons (Fsp3) is 0.357. The summed E-state index contributed by atoms with van der Waals surface area (Å²) >= 11 is 0. The third-order valence-corrected chi connectivity index (χ3v) is 3.61. The lowest BCUT2D eigenvalue weighted by Gasteiger charge is -2.19. The van der Waals surface area contributed by atoms with Crippen LogP contribution in [0.3, 0.4) is 0 Å². The summed E-state index contributed by atoms with van der Waals surface area (Å²) in [5.74, 6) is -0.532. The van der Waals surface area contributed by atoms with Gasteiger partial charge in [0.1, 0.15) is 5.69 Å². The molecule has 0 aliphatic carbocycles. The molecule has 0 unspecified atom stereocenters. The number of hydrogen-bond donors (Lipinski definition) is 0. The second-order valence-electron chi connectivity index (χ2n) is 4.85. The quantitative estimate of drug-likeness (QED) is 0.720. The highest BCUT2D eigenvalue weighted by atomic mass is 19.4. The predicted molar refractivity (Wildman–Crippen MR) is 65.3 cm³/mol. The van der Waals surface area contributed by atoms with Gasteiger partial charge in [0.15, 0.2) is 5.78 Å². The zero-order valence-electron chi connectivity index (χ0n) is 10.3. The van der Waals surface area contributed by atoms with Crippen molar-refractivity contribution < 1.29 is 18.0 Å². The van der Waals surface area contributed by atoms with Gasteiger partial charge in [0.05, 0.1) is 11.1 Å². The van der Waals surface area contributed by atoms with E-state index in [2.05, 4.69) is 0 Å². The third-order valence-electron chi connectivity index (χ3n) is 3.61. The van der Waals surface area contributed by atoms with E-state index in [9.17, 15) is 18.0 Å². The van der Waals surface area contributed by atoms with Gasteiger partial charge in [-0.05, 0) is 25.3 Å². The van der Waals surface area contributed by atoms with E-state index in [0.717, 1.165) is 12.0 Å². The fourth-order valence-electron chi connectivity index (χ4n) is 2.99. The van der Waals surface area contributed by atoms with E-state index in [0.29, 0.717) is 23.9 Å². The molecule has 19 heavy (non-hydrogen) atoms. The molecule has 0 N–H and O–H groups in total. The molecule has 100 valence electrons. The van der Waals surface area contributed by atoms with Crippen LogP contribution in [0.25, 0.3) is 10.9 Å². The Kier molecular flexibility index (Phi) is 2.49. The van der Waals surface area contributed by atoms with Crippen LogP contribution in [0.1, 0.15) is 35.0 Å². The first-order chi connectivity index (χ1) is 8.91. The number of carbonyl (C=O) groups excluding carboxylic acids is 1. The van der Waals surface area contributed by atoms with Gasteiger partial charge < -0.3 is 4.57 Å². The average molecular weight is 267 g/mol. The van der Waals surface area contributed by atoms with Crippen LogP contribution in [0.2, 0.25) is 0 Å². The zero-order valence-corrected chi connectivity index (χ0v) is 10.3. The van der Waals surface area contributed by atoms with Crippen molar-refractivity contribution >= 4 is 16.7 Å². The number of aryl methyl sites for hydroxylation is 2. The molecular weight excluding hydrogens is 255 g/mol. The molecule has 0 spiro atoms. The Bertz CT molecular complexity index is 682. The molecule has 0 saturated heterocycles. The third kappa shape index (κ3) is 1.68. The maximum atomic E-state index is 13.3. The zero-order chi connectivity index (χ0) is 13.8. The molecule has 1 aliphatic rings. The van der Waals surface area contributed by atoms with Crippen LogP contribution in [0.15, 0.2) is 18.2 Å². The minimum absolute atomic E-state index is 0.189. The number of benzene rings is 1. The molecule has 0 radical (unpaired) electrons. The first-order valence-electron chi connectivity index (χ1n) is 6.13. The summed E-state index contributed by atoms with van der Waals surface area (Å²) in [5, 5.41) is 0.428. The number of carbonyl (C=O) groups is 1. The number of Topliss-reactive ketones (excluding diaryl/α,β-unsaturated/α-hetero) is 1. The molecule has 1 aromatic carbocycles. The number of para-hydroxylation sites is 1. The summed E-state index contributed by atoms with van der Waals surface area (Å²) in [4.78, 5) is 11.7. The van der Waals surface area contributed by atoms with Gasteiger partial charge >= 0.3 is 6.18 Å². The van der Waals surface area contributed by atoms with Crippen LogP contribution in [0.4, 0.5) is 13.2 Å². The molecule has 1 aliphatic heterocycles.